The summed E-state index contributed by atoms with van der Waals surface area (Å²) in [5.41, 5.74) is 1.32. The smallest absolute Gasteiger partial charge is 0.253 e. The number of nitrogens with zero attached hydrogens (tertiary/aromatic N) is 3. The molecule has 32 heavy (non-hydrogen) atoms. The van der Waals surface area contributed by atoms with Crippen LogP contribution in [0, 0.1) is 5.92 Å². The SMILES string of the molecule is CC(C)(C)c1cc(=O)n(CC2CCN(C(=O)C3(c4ccccc4)CCOCC3)CC2)cn1. The van der Waals surface area contributed by atoms with E-state index in [0.29, 0.717) is 25.7 Å². The Bertz CT molecular complexity index is 979. The molecular formula is C26H35N3O3. The van der Waals surface area contributed by atoms with Gasteiger partial charge in [-0.15, -0.1) is 0 Å². The third kappa shape index (κ3) is 4.65. The van der Waals surface area contributed by atoms with Gasteiger partial charge in [0.05, 0.1) is 17.4 Å². The minimum absolute atomic E-state index is 0.00803. The van der Waals surface area contributed by atoms with Crippen LogP contribution >= 0.6 is 0 Å². The van der Waals surface area contributed by atoms with E-state index in [1.807, 2.05) is 23.1 Å². The molecule has 4 rings (SSSR count). The summed E-state index contributed by atoms with van der Waals surface area (Å²) in [4.78, 5) is 32.9. The molecule has 1 aromatic carbocycles. The maximum atomic E-state index is 13.7. The van der Waals surface area contributed by atoms with Gasteiger partial charge < -0.3 is 9.64 Å². The average molecular weight is 438 g/mol. The van der Waals surface area contributed by atoms with Gasteiger partial charge in [0.15, 0.2) is 0 Å². The van der Waals surface area contributed by atoms with Crippen LogP contribution in [-0.2, 0) is 26.9 Å². The summed E-state index contributed by atoms with van der Waals surface area (Å²) in [5.74, 6) is 0.611. The van der Waals surface area contributed by atoms with Crippen molar-refractivity contribution in [2.24, 2.45) is 5.92 Å². The molecule has 1 aromatic heterocycles. The number of piperidine rings is 1. The molecule has 172 valence electrons. The molecule has 0 saturated carbocycles. The number of amides is 1. The molecule has 1 amide bonds. The molecule has 0 atom stereocenters. The van der Waals surface area contributed by atoms with Gasteiger partial charge in [-0.2, -0.15) is 0 Å². The van der Waals surface area contributed by atoms with E-state index in [1.165, 1.54) is 0 Å². The first-order chi connectivity index (χ1) is 15.3. The van der Waals surface area contributed by atoms with Gasteiger partial charge in [0.25, 0.3) is 5.56 Å². The maximum absolute atomic E-state index is 13.7. The van der Waals surface area contributed by atoms with Crippen molar-refractivity contribution in [1.82, 2.24) is 14.5 Å². The van der Waals surface area contributed by atoms with E-state index >= 15 is 0 Å². The molecular weight excluding hydrogens is 402 g/mol. The zero-order chi connectivity index (χ0) is 22.8. The number of benzene rings is 1. The number of ether oxygens (including phenoxy) is 1. The number of aromatic nitrogens is 2. The number of carbonyl (C=O) groups is 1. The average Bonchev–Trinajstić information content (AvgIpc) is 2.81. The molecule has 0 spiro atoms. The third-order valence-corrected chi connectivity index (χ3v) is 7.09. The molecule has 0 N–H and O–H groups in total. The van der Waals surface area contributed by atoms with Crippen LogP contribution in [0.3, 0.4) is 0 Å². The Labute approximate surface area is 190 Å². The van der Waals surface area contributed by atoms with Crippen LogP contribution in [0.15, 0.2) is 47.5 Å². The van der Waals surface area contributed by atoms with E-state index < -0.39 is 5.41 Å². The standard InChI is InChI=1S/C26H35N3O3/c1-25(2,3)22-17-23(30)29(19-27-22)18-20-9-13-28(14-10-20)24(31)26(11-15-32-16-12-26)21-7-5-4-6-8-21/h4-8,17,19-20H,9-16,18H2,1-3H3. The lowest BCUT2D eigenvalue weighted by atomic mass is 9.72. The number of likely N-dealkylation sites (tertiary alicyclic amines) is 1. The van der Waals surface area contributed by atoms with Crippen molar-refractivity contribution in [3.63, 3.8) is 0 Å². The topological polar surface area (TPSA) is 64.4 Å². The van der Waals surface area contributed by atoms with Crippen molar-refractivity contribution in [2.75, 3.05) is 26.3 Å². The van der Waals surface area contributed by atoms with Crippen molar-refractivity contribution >= 4 is 5.91 Å². The third-order valence-electron chi connectivity index (χ3n) is 7.09. The van der Waals surface area contributed by atoms with Crippen LogP contribution in [0.1, 0.15) is 57.7 Å². The molecule has 2 aliphatic rings. The van der Waals surface area contributed by atoms with Gasteiger partial charge >= 0.3 is 0 Å². The number of hydrogen-bond acceptors (Lipinski definition) is 4. The Hall–Kier alpha value is -2.47. The van der Waals surface area contributed by atoms with Crippen molar-refractivity contribution in [1.29, 1.82) is 0 Å². The summed E-state index contributed by atoms with van der Waals surface area (Å²) < 4.78 is 7.32. The summed E-state index contributed by atoms with van der Waals surface area (Å²) >= 11 is 0. The van der Waals surface area contributed by atoms with E-state index in [1.54, 1.807) is 17.0 Å². The molecule has 6 heteroatoms. The first-order valence-corrected chi connectivity index (χ1v) is 11.8. The van der Waals surface area contributed by atoms with Gasteiger partial charge in [0.2, 0.25) is 5.91 Å². The predicted molar refractivity (Wildman–Crippen MR) is 125 cm³/mol. The molecule has 0 aliphatic carbocycles. The molecule has 0 radical (unpaired) electrons. The number of hydrogen-bond donors (Lipinski definition) is 0. The van der Waals surface area contributed by atoms with E-state index in [9.17, 15) is 9.59 Å². The van der Waals surface area contributed by atoms with Crippen molar-refractivity contribution in [3.05, 3.63) is 64.3 Å². The maximum Gasteiger partial charge on any atom is 0.253 e. The number of carbonyl (C=O) groups excluding carboxylic acids is 1. The zero-order valence-electron chi connectivity index (χ0n) is 19.5. The molecule has 2 aromatic rings. The van der Waals surface area contributed by atoms with Crippen molar-refractivity contribution in [2.45, 2.75) is 63.8 Å². The Kier molecular flexibility index (Phi) is 6.52. The van der Waals surface area contributed by atoms with Crippen LogP contribution < -0.4 is 5.56 Å². The van der Waals surface area contributed by atoms with Crippen molar-refractivity contribution < 1.29 is 9.53 Å². The number of rotatable bonds is 4. The minimum atomic E-state index is -0.476. The van der Waals surface area contributed by atoms with Gasteiger partial charge in [0.1, 0.15) is 0 Å². The molecule has 6 nitrogen and oxygen atoms in total. The predicted octanol–water partition coefficient (Wildman–Crippen LogP) is 3.53. The van der Waals surface area contributed by atoms with E-state index in [4.69, 9.17) is 4.74 Å². The summed E-state index contributed by atoms with van der Waals surface area (Å²) in [5, 5.41) is 0. The Balaban J connectivity index is 1.42. The second kappa shape index (κ2) is 9.18. The highest BCUT2D eigenvalue weighted by Gasteiger charge is 2.44. The monoisotopic (exact) mass is 437 g/mol. The van der Waals surface area contributed by atoms with Crippen LogP contribution in [0.2, 0.25) is 0 Å². The Morgan fingerprint density at radius 1 is 1.12 bits per heavy atom. The first-order valence-electron chi connectivity index (χ1n) is 11.8. The van der Waals surface area contributed by atoms with Gasteiger partial charge in [0, 0.05) is 44.3 Å². The molecule has 3 heterocycles. The normalized spacial score (nSPS) is 19.7. The molecule has 0 bridgehead atoms. The van der Waals surface area contributed by atoms with Gasteiger partial charge in [-0.05, 0) is 37.2 Å². The van der Waals surface area contributed by atoms with E-state index in [2.05, 4.69) is 37.9 Å². The van der Waals surface area contributed by atoms with Crippen molar-refractivity contribution in [3.8, 4) is 0 Å². The highest BCUT2D eigenvalue weighted by Crippen LogP contribution is 2.37. The second-order valence-electron chi connectivity index (χ2n) is 10.3. The van der Waals surface area contributed by atoms with Crippen LogP contribution in [-0.4, -0.2) is 46.7 Å². The van der Waals surface area contributed by atoms with Gasteiger partial charge in [-0.25, -0.2) is 4.98 Å². The first kappa shape index (κ1) is 22.7. The second-order valence-corrected chi connectivity index (χ2v) is 10.3. The Morgan fingerprint density at radius 2 is 1.78 bits per heavy atom. The largest absolute Gasteiger partial charge is 0.381 e. The highest BCUT2D eigenvalue weighted by molar-refractivity contribution is 5.88. The zero-order valence-corrected chi connectivity index (χ0v) is 19.5. The summed E-state index contributed by atoms with van der Waals surface area (Å²) in [6.45, 7) is 9.57. The fourth-order valence-corrected chi connectivity index (χ4v) is 4.98. The fraction of sp³-hybridized carbons (Fsp3) is 0.577. The Morgan fingerprint density at radius 3 is 2.38 bits per heavy atom. The van der Waals surface area contributed by atoms with Gasteiger partial charge in [-0.1, -0.05) is 51.1 Å². The summed E-state index contributed by atoms with van der Waals surface area (Å²) in [7, 11) is 0. The van der Waals surface area contributed by atoms with Gasteiger partial charge in [-0.3, -0.25) is 14.2 Å². The van der Waals surface area contributed by atoms with Crippen LogP contribution in [0.4, 0.5) is 0 Å². The lowest BCUT2D eigenvalue weighted by Gasteiger charge is -2.42. The minimum Gasteiger partial charge on any atom is -0.381 e. The molecule has 2 fully saturated rings. The van der Waals surface area contributed by atoms with E-state index in [-0.39, 0.29) is 16.9 Å². The fourth-order valence-electron chi connectivity index (χ4n) is 4.98. The quantitative estimate of drug-likeness (QED) is 0.734. The lowest BCUT2D eigenvalue weighted by molar-refractivity contribution is -0.142. The summed E-state index contributed by atoms with van der Waals surface area (Å²) in [6.07, 6.45) is 4.96. The molecule has 0 unspecified atom stereocenters. The van der Waals surface area contributed by atoms with E-state index in [0.717, 1.165) is 50.0 Å². The van der Waals surface area contributed by atoms with Crippen LogP contribution in [0.5, 0.6) is 0 Å². The van der Waals surface area contributed by atoms with Crippen LogP contribution in [0.25, 0.3) is 0 Å². The summed E-state index contributed by atoms with van der Waals surface area (Å²) in [6, 6.07) is 11.9. The highest BCUT2D eigenvalue weighted by atomic mass is 16.5. The molecule has 2 aliphatic heterocycles. The molecule has 2 saturated heterocycles. The lowest BCUT2D eigenvalue weighted by Crippen LogP contribution is -2.52.